The largest absolute Gasteiger partial charge is 0.308 e. The number of benzene rings is 12. The molecule has 81 heavy (non-hydrogen) atoms. The van der Waals surface area contributed by atoms with Crippen molar-refractivity contribution in [3.8, 4) is 55.6 Å². The third kappa shape index (κ3) is 7.57. The van der Waals surface area contributed by atoms with Crippen LogP contribution in [0.3, 0.4) is 0 Å². The third-order valence-electron chi connectivity index (χ3n) is 18.6. The average molecular weight is 1050 g/mol. The molecule has 14 rings (SSSR count). The molecule has 0 saturated carbocycles. The van der Waals surface area contributed by atoms with Crippen LogP contribution in [0, 0.1) is 55.4 Å². The number of rotatable bonds is 5. The lowest BCUT2D eigenvalue weighted by atomic mass is 9.78. The minimum absolute atomic E-state index is 0.0442. The SMILES string of the molecule is Cc1cccc(C)c1-c1c2ccccc2c(-c2c(C)cccc2C)c2cc3c(cc12)c1cc(-c2cc(C(C)(C)C)cc(C(C)(C)C)c2)cc2c4cc5c(-c6c(C)cccc6C)c6ccccc6c(-c6c(C)cccc6C)c5cc4n3c12. The summed E-state index contributed by atoms with van der Waals surface area (Å²) >= 11 is 0. The van der Waals surface area contributed by atoms with E-state index in [1.165, 1.54) is 192 Å². The minimum Gasteiger partial charge on any atom is -0.308 e. The summed E-state index contributed by atoms with van der Waals surface area (Å²) in [5.41, 5.74) is 29.7. The van der Waals surface area contributed by atoms with E-state index in [0.29, 0.717) is 0 Å². The van der Waals surface area contributed by atoms with E-state index in [1.54, 1.807) is 0 Å². The van der Waals surface area contributed by atoms with Crippen molar-refractivity contribution in [1.29, 1.82) is 0 Å². The Labute approximate surface area is 477 Å². The number of nitrogens with zero attached hydrogens (tertiary/aromatic N) is 1. The molecule has 0 saturated heterocycles. The highest BCUT2D eigenvalue weighted by molar-refractivity contribution is 6.32. The Morgan fingerprint density at radius 2 is 0.506 bits per heavy atom. The first kappa shape index (κ1) is 50.7. The highest BCUT2D eigenvalue weighted by Crippen LogP contribution is 2.53. The predicted octanol–water partition coefficient (Wildman–Crippen LogP) is 22.8. The van der Waals surface area contributed by atoms with Crippen LogP contribution >= 0.6 is 0 Å². The molecule has 0 unspecified atom stereocenters. The van der Waals surface area contributed by atoms with Crippen LogP contribution in [0.5, 0.6) is 0 Å². The molecule has 14 aromatic rings. The summed E-state index contributed by atoms with van der Waals surface area (Å²) in [4.78, 5) is 0. The quantitative estimate of drug-likeness (QED) is 0.151. The van der Waals surface area contributed by atoms with Crippen molar-refractivity contribution in [1.82, 2.24) is 4.40 Å². The highest BCUT2D eigenvalue weighted by Gasteiger charge is 2.29. The second-order valence-corrected chi connectivity index (χ2v) is 26.0. The highest BCUT2D eigenvalue weighted by atomic mass is 14.9. The lowest BCUT2D eigenvalue weighted by Crippen LogP contribution is -2.16. The Balaban J connectivity index is 1.26. The van der Waals surface area contributed by atoms with Crippen molar-refractivity contribution in [3.63, 3.8) is 0 Å². The lowest BCUT2D eigenvalue weighted by Gasteiger charge is -2.26. The van der Waals surface area contributed by atoms with Crippen LogP contribution < -0.4 is 0 Å². The van der Waals surface area contributed by atoms with E-state index in [9.17, 15) is 0 Å². The maximum absolute atomic E-state index is 2.68. The maximum Gasteiger partial charge on any atom is 0.0620 e. The van der Waals surface area contributed by atoms with Gasteiger partial charge in [0.25, 0.3) is 0 Å². The summed E-state index contributed by atoms with van der Waals surface area (Å²) in [6.07, 6.45) is 0. The number of fused-ring (bicyclic) bond motifs is 10. The van der Waals surface area contributed by atoms with E-state index in [4.69, 9.17) is 0 Å². The number of aryl methyl sites for hydroxylation is 8. The summed E-state index contributed by atoms with van der Waals surface area (Å²) in [5.74, 6) is 0. The first-order valence-electron chi connectivity index (χ1n) is 29.2. The van der Waals surface area contributed by atoms with Gasteiger partial charge in [0.05, 0.1) is 16.6 Å². The molecule has 2 aromatic heterocycles. The van der Waals surface area contributed by atoms with Crippen LogP contribution in [0.4, 0.5) is 0 Å². The summed E-state index contributed by atoms with van der Waals surface area (Å²) < 4.78 is 2.68. The Hall–Kier alpha value is -8.52. The maximum atomic E-state index is 2.68. The Bertz CT molecular complexity index is 4630. The van der Waals surface area contributed by atoms with Crippen LogP contribution in [0.2, 0.25) is 0 Å². The van der Waals surface area contributed by atoms with Gasteiger partial charge in [-0.05, 0) is 257 Å². The van der Waals surface area contributed by atoms with Crippen molar-refractivity contribution in [2.75, 3.05) is 0 Å². The fourth-order valence-electron chi connectivity index (χ4n) is 14.6. The molecule has 1 nitrogen and oxygen atoms in total. The minimum atomic E-state index is -0.0442. The monoisotopic (exact) mass is 1050 g/mol. The first-order chi connectivity index (χ1) is 38.8. The standard InChI is InChI=1S/C80H71N/c1-44-23-19-24-45(2)70(44)74-56-31-15-17-33-58(56)76(72-48(5)27-21-28-49(72)6)64-42-68-60(40-62(64)74)66-37-53(52-35-54(79(9,10)11)39-55(36-52)80(12,13)14)38-67-61-41-63-65(43-69(61)81(68)78(66)67)77(73-50(7)29-22-30-51(73)8)59-34-18-16-32-57(59)75(63)71-46(3)25-20-26-47(71)4/h15-43H,1-14H3. The zero-order valence-electron chi connectivity index (χ0n) is 49.7. The van der Waals surface area contributed by atoms with Crippen LogP contribution in [0.1, 0.15) is 97.2 Å². The van der Waals surface area contributed by atoms with E-state index in [-0.39, 0.29) is 10.8 Å². The van der Waals surface area contributed by atoms with Gasteiger partial charge >= 0.3 is 0 Å². The summed E-state index contributed by atoms with van der Waals surface area (Å²) in [5, 5.41) is 15.4. The molecule has 0 amide bonds. The van der Waals surface area contributed by atoms with Crippen LogP contribution in [-0.2, 0) is 10.8 Å². The predicted molar refractivity (Wildman–Crippen MR) is 354 cm³/mol. The molecule has 0 aliphatic rings. The normalized spacial score (nSPS) is 12.6. The van der Waals surface area contributed by atoms with Gasteiger partial charge in [0.2, 0.25) is 0 Å². The molecular formula is C80H71N. The van der Waals surface area contributed by atoms with E-state index in [1.807, 2.05) is 0 Å². The fourth-order valence-corrected chi connectivity index (χ4v) is 14.6. The summed E-state index contributed by atoms with van der Waals surface area (Å²) in [6, 6.07) is 68.6. The van der Waals surface area contributed by atoms with Crippen LogP contribution in [-0.4, -0.2) is 4.40 Å². The van der Waals surface area contributed by atoms with Gasteiger partial charge in [-0.3, -0.25) is 0 Å². The van der Waals surface area contributed by atoms with Crippen molar-refractivity contribution in [2.45, 2.75) is 108 Å². The second-order valence-electron chi connectivity index (χ2n) is 26.0. The molecule has 1 heteroatoms. The molecule has 0 radical (unpaired) electrons. The van der Waals surface area contributed by atoms with Crippen molar-refractivity contribution < 1.29 is 0 Å². The van der Waals surface area contributed by atoms with Gasteiger partial charge in [-0.25, -0.2) is 0 Å². The first-order valence-corrected chi connectivity index (χ1v) is 29.2. The molecule has 0 N–H and O–H groups in total. The van der Waals surface area contributed by atoms with E-state index < -0.39 is 0 Å². The molecule has 0 fully saturated rings. The summed E-state index contributed by atoms with van der Waals surface area (Å²) in [6.45, 7) is 32.5. The number of hydrogen-bond donors (Lipinski definition) is 0. The Morgan fingerprint density at radius 1 is 0.235 bits per heavy atom. The summed E-state index contributed by atoms with van der Waals surface area (Å²) in [7, 11) is 0. The van der Waals surface area contributed by atoms with Gasteiger partial charge in [-0.1, -0.05) is 181 Å². The number of aromatic nitrogens is 1. The van der Waals surface area contributed by atoms with Crippen molar-refractivity contribution >= 4 is 81.2 Å². The average Bonchev–Trinajstić information content (AvgIpc) is 2.19. The molecule has 0 atom stereocenters. The fraction of sp³-hybridized carbons (Fsp3) is 0.200. The molecule has 0 aliphatic carbocycles. The zero-order chi connectivity index (χ0) is 56.3. The van der Waals surface area contributed by atoms with Crippen molar-refractivity contribution in [2.24, 2.45) is 0 Å². The smallest absolute Gasteiger partial charge is 0.0620 e. The molecule has 0 bridgehead atoms. The number of hydrogen-bond acceptors (Lipinski definition) is 0. The Kier molecular flexibility index (Phi) is 11.3. The lowest BCUT2D eigenvalue weighted by molar-refractivity contribution is 0.569. The van der Waals surface area contributed by atoms with Gasteiger partial charge in [0, 0.05) is 21.5 Å². The van der Waals surface area contributed by atoms with Gasteiger partial charge in [0.1, 0.15) is 0 Å². The van der Waals surface area contributed by atoms with Gasteiger partial charge in [0.15, 0.2) is 0 Å². The van der Waals surface area contributed by atoms with E-state index >= 15 is 0 Å². The van der Waals surface area contributed by atoms with Crippen LogP contribution in [0.15, 0.2) is 176 Å². The third-order valence-corrected chi connectivity index (χ3v) is 18.6. The van der Waals surface area contributed by atoms with Gasteiger partial charge < -0.3 is 4.40 Å². The molecule has 0 spiro atoms. The van der Waals surface area contributed by atoms with Crippen LogP contribution in [0.25, 0.3) is 137 Å². The second kappa shape index (κ2) is 18.0. The molecule has 2 heterocycles. The van der Waals surface area contributed by atoms with Gasteiger partial charge in [-0.15, -0.1) is 0 Å². The molecule has 12 aromatic carbocycles. The topological polar surface area (TPSA) is 4.41 Å². The molecular weight excluding hydrogens is 975 g/mol. The van der Waals surface area contributed by atoms with Crippen molar-refractivity contribution in [3.05, 3.63) is 232 Å². The zero-order valence-corrected chi connectivity index (χ0v) is 49.7. The molecule has 396 valence electrons. The Morgan fingerprint density at radius 3 is 0.790 bits per heavy atom. The van der Waals surface area contributed by atoms with E-state index in [2.05, 4.69) is 277 Å². The molecule has 0 aliphatic heterocycles. The van der Waals surface area contributed by atoms with E-state index in [0.717, 1.165) is 0 Å². The van der Waals surface area contributed by atoms with Gasteiger partial charge in [-0.2, -0.15) is 0 Å².